The molecule has 0 aromatic heterocycles. The van der Waals surface area contributed by atoms with Crippen LogP contribution in [0.3, 0.4) is 0 Å². The summed E-state index contributed by atoms with van der Waals surface area (Å²) in [5, 5.41) is 22.8. The largest absolute Gasteiger partial charge is 0.477 e. The SMILES string of the molecule is O=C(O)c1ccc(NCCOC2CCCC2)cc1[N+](=O)[O-]. The number of hydrogen-bond donors (Lipinski definition) is 2. The summed E-state index contributed by atoms with van der Waals surface area (Å²) in [6.07, 6.45) is 4.94. The maximum Gasteiger partial charge on any atom is 0.342 e. The molecule has 0 bridgehead atoms. The zero-order valence-electron chi connectivity index (χ0n) is 11.6. The highest BCUT2D eigenvalue weighted by Gasteiger charge is 2.20. The highest BCUT2D eigenvalue weighted by Crippen LogP contribution is 2.23. The van der Waals surface area contributed by atoms with Gasteiger partial charge in [0.2, 0.25) is 0 Å². The number of aromatic carboxylic acids is 1. The molecule has 0 atom stereocenters. The van der Waals surface area contributed by atoms with E-state index in [4.69, 9.17) is 9.84 Å². The molecule has 0 heterocycles. The van der Waals surface area contributed by atoms with Gasteiger partial charge in [0.25, 0.3) is 5.69 Å². The Morgan fingerprint density at radius 2 is 2.14 bits per heavy atom. The van der Waals surface area contributed by atoms with Crippen LogP contribution in [0.25, 0.3) is 0 Å². The summed E-state index contributed by atoms with van der Waals surface area (Å²) < 4.78 is 5.67. The molecule has 7 nitrogen and oxygen atoms in total. The number of ether oxygens (including phenoxy) is 1. The van der Waals surface area contributed by atoms with Crippen molar-refractivity contribution in [3.63, 3.8) is 0 Å². The molecule has 1 aliphatic rings. The van der Waals surface area contributed by atoms with Gasteiger partial charge in [-0.05, 0) is 25.0 Å². The Bertz CT molecular complexity index is 526. The average molecular weight is 294 g/mol. The molecule has 2 rings (SSSR count). The van der Waals surface area contributed by atoms with Crippen molar-refractivity contribution in [2.75, 3.05) is 18.5 Å². The molecular weight excluding hydrogens is 276 g/mol. The van der Waals surface area contributed by atoms with Crippen molar-refractivity contribution in [3.8, 4) is 0 Å². The van der Waals surface area contributed by atoms with Gasteiger partial charge in [-0.3, -0.25) is 10.1 Å². The first-order chi connectivity index (χ1) is 10.1. The lowest BCUT2D eigenvalue weighted by Crippen LogP contribution is -2.15. The quantitative estimate of drug-likeness (QED) is 0.455. The molecule has 1 saturated carbocycles. The van der Waals surface area contributed by atoms with Crippen molar-refractivity contribution < 1.29 is 19.6 Å². The topological polar surface area (TPSA) is 102 Å². The summed E-state index contributed by atoms with van der Waals surface area (Å²) in [5.41, 5.74) is -0.210. The van der Waals surface area contributed by atoms with Crippen LogP contribution in [0.15, 0.2) is 18.2 Å². The molecule has 0 aliphatic heterocycles. The van der Waals surface area contributed by atoms with Crippen LogP contribution in [-0.4, -0.2) is 35.3 Å². The van der Waals surface area contributed by atoms with E-state index in [2.05, 4.69) is 5.32 Å². The van der Waals surface area contributed by atoms with E-state index in [9.17, 15) is 14.9 Å². The van der Waals surface area contributed by atoms with Gasteiger partial charge in [0, 0.05) is 18.3 Å². The number of nitrogens with zero attached hydrogens (tertiary/aromatic N) is 1. The number of nitrogens with one attached hydrogen (secondary N) is 1. The second kappa shape index (κ2) is 7.03. The van der Waals surface area contributed by atoms with Gasteiger partial charge in [0.1, 0.15) is 5.56 Å². The molecule has 0 amide bonds. The summed E-state index contributed by atoms with van der Waals surface area (Å²) in [6.45, 7) is 1.05. The normalized spacial score (nSPS) is 15.0. The van der Waals surface area contributed by atoms with Crippen LogP contribution in [0.5, 0.6) is 0 Å². The number of nitro groups is 1. The van der Waals surface area contributed by atoms with Crippen LogP contribution in [0, 0.1) is 10.1 Å². The molecule has 2 N–H and O–H groups in total. The van der Waals surface area contributed by atoms with Crippen molar-refractivity contribution in [2.45, 2.75) is 31.8 Å². The third-order valence-corrected chi connectivity index (χ3v) is 3.51. The molecule has 1 fully saturated rings. The predicted octanol–water partition coefficient (Wildman–Crippen LogP) is 2.66. The van der Waals surface area contributed by atoms with E-state index >= 15 is 0 Å². The number of benzene rings is 1. The van der Waals surface area contributed by atoms with Gasteiger partial charge in [0.05, 0.1) is 17.6 Å². The highest BCUT2D eigenvalue weighted by atomic mass is 16.6. The Balaban J connectivity index is 1.89. The third-order valence-electron chi connectivity index (χ3n) is 3.51. The van der Waals surface area contributed by atoms with Crippen LogP contribution in [0.2, 0.25) is 0 Å². The minimum absolute atomic E-state index is 0.312. The van der Waals surface area contributed by atoms with Crippen LogP contribution in [0.4, 0.5) is 11.4 Å². The lowest BCUT2D eigenvalue weighted by molar-refractivity contribution is -0.385. The van der Waals surface area contributed by atoms with Crippen molar-refractivity contribution in [3.05, 3.63) is 33.9 Å². The van der Waals surface area contributed by atoms with Crippen LogP contribution < -0.4 is 5.32 Å². The Morgan fingerprint density at radius 3 is 2.76 bits per heavy atom. The lowest BCUT2D eigenvalue weighted by atomic mass is 10.1. The van der Waals surface area contributed by atoms with Crippen LogP contribution >= 0.6 is 0 Å². The minimum atomic E-state index is -1.31. The van der Waals surface area contributed by atoms with Gasteiger partial charge in [0.15, 0.2) is 0 Å². The Hall–Kier alpha value is -2.15. The minimum Gasteiger partial charge on any atom is -0.477 e. The fraction of sp³-hybridized carbons (Fsp3) is 0.500. The summed E-state index contributed by atoms with van der Waals surface area (Å²) in [4.78, 5) is 21.1. The number of carboxylic acid groups (broad SMARTS) is 1. The predicted molar refractivity (Wildman–Crippen MR) is 76.8 cm³/mol. The maximum atomic E-state index is 10.9. The molecule has 21 heavy (non-hydrogen) atoms. The number of nitro benzene ring substituents is 1. The first kappa shape index (κ1) is 15.2. The second-order valence-electron chi connectivity index (χ2n) is 5.00. The lowest BCUT2D eigenvalue weighted by Gasteiger charge is -2.12. The molecule has 0 saturated heterocycles. The number of carbonyl (C=O) groups is 1. The van der Waals surface area contributed by atoms with Crippen molar-refractivity contribution in [1.29, 1.82) is 0 Å². The van der Waals surface area contributed by atoms with E-state index < -0.39 is 16.6 Å². The number of carboxylic acids is 1. The van der Waals surface area contributed by atoms with Gasteiger partial charge in [-0.15, -0.1) is 0 Å². The highest BCUT2D eigenvalue weighted by molar-refractivity contribution is 5.93. The Kier molecular flexibility index (Phi) is 5.10. The van der Waals surface area contributed by atoms with Gasteiger partial charge in [-0.25, -0.2) is 4.79 Å². The van der Waals surface area contributed by atoms with E-state index in [0.29, 0.717) is 24.9 Å². The zero-order valence-corrected chi connectivity index (χ0v) is 11.6. The van der Waals surface area contributed by atoms with E-state index in [1.165, 1.54) is 31.0 Å². The summed E-state index contributed by atoms with van der Waals surface area (Å²) >= 11 is 0. The maximum absolute atomic E-state index is 10.9. The van der Waals surface area contributed by atoms with Gasteiger partial charge >= 0.3 is 5.97 Å². The molecule has 1 aromatic carbocycles. The number of anilines is 1. The van der Waals surface area contributed by atoms with Crippen molar-refractivity contribution in [2.24, 2.45) is 0 Å². The van der Waals surface area contributed by atoms with Crippen LogP contribution in [0.1, 0.15) is 36.0 Å². The molecule has 1 aromatic rings. The molecule has 0 radical (unpaired) electrons. The first-order valence-corrected chi connectivity index (χ1v) is 6.95. The molecular formula is C14H18N2O5. The number of rotatable bonds is 7. The smallest absolute Gasteiger partial charge is 0.342 e. The summed E-state index contributed by atoms with van der Waals surface area (Å²) in [6, 6.07) is 3.99. The summed E-state index contributed by atoms with van der Waals surface area (Å²) in [7, 11) is 0. The van der Waals surface area contributed by atoms with Gasteiger partial charge in [-0.2, -0.15) is 0 Å². The average Bonchev–Trinajstić information content (AvgIpc) is 2.96. The molecule has 114 valence electrons. The third kappa shape index (κ3) is 4.16. The van der Waals surface area contributed by atoms with Crippen molar-refractivity contribution in [1.82, 2.24) is 0 Å². The van der Waals surface area contributed by atoms with Gasteiger partial charge in [-0.1, -0.05) is 12.8 Å². The molecule has 0 spiro atoms. The zero-order chi connectivity index (χ0) is 15.2. The van der Waals surface area contributed by atoms with Gasteiger partial charge < -0.3 is 15.2 Å². The van der Waals surface area contributed by atoms with Crippen molar-refractivity contribution >= 4 is 17.3 Å². The molecule has 7 heteroatoms. The Labute approximate surface area is 122 Å². The monoisotopic (exact) mass is 294 g/mol. The van der Waals surface area contributed by atoms with E-state index in [0.717, 1.165) is 12.8 Å². The van der Waals surface area contributed by atoms with E-state index in [1.54, 1.807) is 0 Å². The molecule has 1 aliphatic carbocycles. The number of hydrogen-bond acceptors (Lipinski definition) is 5. The second-order valence-corrected chi connectivity index (χ2v) is 5.00. The molecule has 0 unspecified atom stereocenters. The van der Waals surface area contributed by atoms with E-state index in [1.807, 2.05) is 0 Å². The van der Waals surface area contributed by atoms with E-state index in [-0.39, 0.29) is 5.56 Å². The fourth-order valence-corrected chi connectivity index (χ4v) is 2.45. The Morgan fingerprint density at radius 1 is 1.43 bits per heavy atom. The fourth-order valence-electron chi connectivity index (χ4n) is 2.45. The standard InChI is InChI=1S/C14H18N2O5/c17-14(18)12-6-5-10(9-13(12)16(19)20)15-7-8-21-11-3-1-2-4-11/h5-6,9,11,15H,1-4,7-8H2,(H,17,18). The first-order valence-electron chi connectivity index (χ1n) is 6.95. The van der Waals surface area contributed by atoms with Crippen LogP contribution in [-0.2, 0) is 4.74 Å². The summed E-state index contributed by atoms with van der Waals surface area (Å²) in [5.74, 6) is -1.31.